The first-order valence-electron chi connectivity index (χ1n) is 8.28. The smallest absolute Gasteiger partial charge is 0.223 e. The Morgan fingerprint density at radius 2 is 2.12 bits per heavy atom. The topological polar surface area (TPSA) is 68.0 Å². The molecule has 1 amide bonds. The number of aryl methyl sites for hydroxylation is 1. The molecule has 2 aromatic rings. The number of hydrogen-bond acceptors (Lipinski definition) is 4. The zero-order chi connectivity index (χ0) is 17.1. The van der Waals surface area contributed by atoms with Crippen LogP contribution in [0.15, 0.2) is 24.3 Å². The van der Waals surface area contributed by atoms with Crippen LogP contribution in [0.4, 0.5) is 0 Å². The molecule has 128 valence electrons. The monoisotopic (exact) mass is 363 g/mol. The molecule has 6 heteroatoms. The SMILES string of the molecule is Cc1sc(CNC(=O)[C@@H]2CCC[C@@H]2CN)nc1-c1ccc(Cl)cc1. The predicted octanol–water partition coefficient (Wildman–Crippen LogP) is 3.76. The van der Waals surface area contributed by atoms with Crippen molar-refractivity contribution in [2.45, 2.75) is 32.7 Å². The Hall–Kier alpha value is -1.43. The highest BCUT2D eigenvalue weighted by atomic mass is 35.5. The molecule has 4 nitrogen and oxygen atoms in total. The number of thiazole rings is 1. The van der Waals surface area contributed by atoms with Gasteiger partial charge in [0.1, 0.15) is 5.01 Å². The van der Waals surface area contributed by atoms with E-state index in [1.807, 2.05) is 31.2 Å². The lowest BCUT2D eigenvalue weighted by Gasteiger charge is -2.16. The van der Waals surface area contributed by atoms with Crippen molar-refractivity contribution < 1.29 is 4.79 Å². The van der Waals surface area contributed by atoms with E-state index in [4.69, 9.17) is 17.3 Å². The van der Waals surface area contributed by atoms with Gasteiger partial charge in [-0.3, -0.25) is 4.79 Å². The molecule has 2 atom stereocenters. The van der Waals surface area contributed by atoms with Gasteiger partial charge in [-0.1, -0.05) is 30.2 Å². The van der Waals surface area contributed by atoms with Crippen LogP contribution in [0, 0.1) is 18.8 Å². The highest BCUT2D eigenvalue weighted by Crippen LogP contribution is 2.31. The van der Waals surface area contributed by atoms with E-state index in [1.54, 1.807) is 11.3 Å². The summed E-state index contributed by atoms with van der Waals surface area (Å²) in [6, 6.07) is 7.67. The number of hydrogen-bond donors (Lipinski definition) is 2. The standard InChI is InChI=1S/C18H22ClN3OS/c1-11-17(12-5-7-14(19)8-6-12)22-16(24-11)10-21-18(23)15-4-2-3-13(15)9-20/h5-8,13,15H,2-4,9-10,20H2,1H3,(H,21,23)/t13-,15-/m1/s1. The lowest BCUT2D eigenvalue weighted by Crippen LogP contribution is -2.34. The largest absolute Gasteiger partial charge is 0.349 e. The number of carbonyl (C=O) groups is 1. The molecule has 0 spiro atoms. The molecule has 0 bridgehead atoms. The first-order valence-corrected chi connectivity index (χ1v) is 9.48. The molecule has 0 radical (unpaired) electrons. The van der Waals surface area contributed by atoms with Crippen LogP contribution in [0.1, 0.15) is 29.1 Å². The molecular weight excluding hydrogens is 342 g/mol. The third kappa shape index (κ3) is 3.79. The molecule has 0 saturated heterocycles. The lowest BCUT2D eigenvalue weighted by atomic mass is 9.95. The number of benzene rings is 1. The van der Waals surface area contributed by atoms with Crippen molar-refractivity contribution in [1.29, 1.82) is 0 Å². The molecule has 3 rings (SSSR count). The van der Waals surface area contributed by atoms with E-state index in [2.05, 4.69) is 10.3 Å². The van der Waals surface area contributed by atoms with Crippen molar-refractivity contribution in [2.24, 2.45) is 17.6 Å². The van der Waals surface area contributed by atoms with Gasteiger partial charge in [-0.05, 0) is 44.4 Å². The van der Waals surface area contributed by atoms with Gasteiger partial charge in [0.25, 0.3) is 0 Å². The Bertz CT molecular complexity index is 714. The molecule has 3 N–H and O–H groups in total. The maximum absolute atomic E-state index is 12.4. The van der Waals surface area contributed by atoms with E-state index in [1.165, 1.54) is 0 Å². The average molecular weight is 364 g/mol. The van der Waals surface area contributed by atoms with Gasteiger partial charge in [0.15, 0.2) is 0 Å². The van der Waals surface area contributed by atoms with Gasteiger partial charge in [0.2, 0.25) is 5.91 Å². The van der Waals surface area contributed by atoms with Crippen LogP contribution >= 0.6 is 22.9 Å². The van der Waals surface area contributed by atoms with Gasteiger partial charge < -0.3 is 11.1 Å². The van der Waals surface area contributed by atoms with E-state index < -0.39 is 0 Å². The second-order valence-electron chi connectivity index (χ2n) is 6.27. The molecule has 0 unspecified atom stereocenters. The molecule has 1 aromatic carbocycles. The number of carbonyl (C=O) groups excluding carboxylic acids is 1. The third-order valence-electron chi connectivity index (χ3n) is 4.67. The van der Waals surface area contributed by atoms with Crippen molar-refractivity contribution in [3.63, 3.8) is 0 Å². The number of rotatable bonds is 5. The highest BCUT2D eigenvalue weighted by molar-refractivity contribution is 7.12. The van der Waals surface area contributed by atoms with E-state index >= 15 is 0 Å². The first kappa shape index (κ1) is 17.4. The molecule has 1 aliphatic carbocycles. The van der Waals surface area contributed by atoms with E-state index in [0.717, 1.165) is 40.4 Å². The second kappa shape index (κ2) is 7.64. The number of nitrogens with one attached hydrogen (secondary N) is 1. The average Bonchev–Trinajstić information content (AvgIpc) is 3.20. The molecule has 24 heavy (non-hydrogen) atoms. The summed E-state index contributed by atoms with van der Waals surface area (Å²) in [4.78, 5) is 18.2. The number of halogens is 1. The second-order valence-corrected chi connectivity index (χ2v) is 7.99. The predicted molar refractivity (Wildman–Crippen MR) is 99.0 cm³/mol. The zero-order valence-electron chi connectivity index (χ0n) is 13.7. The van der Waals surface area contributed by atoms with Crippen LogP contribution < -0.4 is 11.1 Å². The Morgan fingerprint density at radius 1 is 1.38 bits per heavy atom. The molecule has 1 aromatic heterocycles. The maximum atomic E-state index is 12.4. The number of nitrogens with two attached hydrogens (primary N) is 1. The van der Waals surface area contributed by atoms with E-state index in [9.17, 15) is 4.79 Å². The first-order chi connectivity index (χ1) is 11.6. The molecule has 1 fully saturated rings. The summed E-state index contributed by atoms with van der Waals surface area (Å²) in [6.45, 7) is 3.12. The highest BCUT2D eigenvalue weighted by Gasteiger charge is 2.31. The summed E-state index contributed by atoms with van der Waals surface area (Å²) < 4.78 is 0. The third-order valence-corrected chi connectivity index (χ3v) is 5.89. The fourth-order valence-corrected chi connectivity index (χ4v) is 4.38. The van der Waals surface area contributed by atoms with Crippen molar-refractivity contribution in [2.75, 3.05) is 6.54 Å². The lowest BCUT2D eigenvalue weighted by molar-refractivity contribution is -0.126. The normalized spacial score (nSPS) is 20.3. The summed E-state index contributed by atoms with van der Waals surface area (Å²) in [5, 5.41) is 4.68. The molecule has 1 aliphatic rings. The Labute approximate surface area is 151 Å². The molecule has 1 heterocycles. The molecule has 1 saturated carbocycles. The van der Waals surface area contributed by atoms with E-state index in [-0.39, 0.29) is 11.8 Å². The summed E-state index contributed by atoms with van der Waals surface area (Å²) in [5.74, 6) is 0.503. The van der Waals surface area contributed by atoms with Crippen LogP contribution in [0.25, 0.3) is 11.3 Å². The number of amides is 1. The zero-order valence-corrected chi connectivity index (χ0v) is 15.3. The van der Waals surface area contributed by atoms with Gasteiger partial charge in [-0.2, -0.15) is 0 Å². The Balaban J connectivity index is 1.65. The van der Waals surface area contributed by atoms with Crippen molar-refractivity contribution in [3.8, 4) is 11.3 Å². The minimum Gasteiger partial charge on any atom is -0.349 e. The Kier molecular flexibility index (Phi) is 5.54. The maximum Gasteiger partial charge on any atom is 0.223 e. The van der Waals surface area contributed by atoms with Crippen LogP contribution in [0.3, 0.4) is 0 Å². The van der Waals surface area contributed by atoms with Crippen LogP contribution in [0.5, 0.6) is 0 Å². The van der Waals surface area contributed by atoms with Crippen molar-refractivity contribution in [3.05, 3.63) is 39.2 Å². The van der Waals surface area contributed by atoms with Gasteiger partial charge in [-0.15, -0.1) is 11.3 Å². The minimum atomic E-state index is 0.0618. The summed E-state index contributed by atoms with van der Waals surface area (Å²) in [7, 11) is 0. The summed E-state index contributed by atoms with van der Waals surface area (Å²) in [6.07, 6.45) is 3.10. The van der Waals surface area contributed by atoms with Crippen LogP contribution in [-0.2, 0) is 11.3 Å². The van der Waals surface area contributed by atoms with Crippen molar-refractivity contribution >= 4 is 28.8 Å². The summed E-state index contributed by atoms with van der Waals surface area (Å²) >= 11 is 7.56. The molecular formula is C18H22ClN3OS. The minimum absolute atomic E-state index is 0.0618. The molecule has 0 aliphatic heterocycles. The fourth-order valence-electron chi connectivity index (χ4n) is 3.36. The van der Waals surface area contributed by atoms with Crippen molar-refractivity contribution in [1.82, 2.24) is 10.3 Å². The van der Waals surface area contributed by atoms with Gasteiger partial charge in [0, 0.05) is 21.4 Å². The van der Waals surface area contributed by atoms with E-state index in [0.29, 0.717) is 24.0 Å². The number of nitrogens with zero attached hydrogens (tertiary/aromatic N) is 1. The van der Waals surface area contributed by atoms with Gasteiger partial charge in [0.05, 0.1) is 12.2 Å². The number of aromatic nitrogens is 1. The van der Waals surface area contributed by atoms with Gasteiger partial charge >= 0.3 is 0 Å². The Morgan fingerprint density at radius 3 is 2.83 bits per heavy atom. The van der Waals surface area contributed by atoms with Gasteiger partial charge in [-0.25, -0.2) is 4.98 Å². The summed E-state index contributed by atoms with van der Waals surface area (Å²) in [5.41, 5.74) is 7.77. The quantitative estimate of drug-likeness (QED) is 0.849. The fraction of sp³-hybridized carbons (Fsp3) is 0.444. The van der Waals surface area contributed by atoms with Crippen LogP contribution in [0.2, 0.25) is 5.02 Å². The van der Waals surface area contributed by atoms with Crippen LogP contribution in [-0.4, -0.2) is 17.4 Å².